The van der Waals surface area contributed by atoms with Crippen LogP contribution in [0.25, 0.3) is 0 Å². The third kappa shape index (κ3) is 2.86. The van der Waals surface area contributed by atoms with Crippen molar-refractivity contribution in [3.05, 3.63) is 4.88 Å². The molecule has 6 heteroatoms. The molecule has 1 aromatic heterocycles. The van der Waals surface area contributed by atoms with Gasteiger partial charge in [-0.3, -0.25) is 4.79 Å². The summed E-state index contributed by atoms with van der Waals surface area (Å²) in [6.07, 6.45) is 9.10. The second kappa shape index (κ2) is 5.83. The first-order chi connectivity index (χ1) is 10.1. The van der Waals surface area contributed by atoms with Gasteiger partial charge >= 0.3 is 0 Å². The maximum atomic E-state index is 12.6. The van der Waals surface area contributed by atoms with E-state index in [0.717, 1.165) is 25.9 Å². The Morgan fingerprint density at radius 2 is 1.90 bits per heavy atom. The summed E-state index contributed by atoms with van der Waals surface area (Å²) in [4.78, 5) is 19.3. The minimum Gasteiger partial charge on any atom is -0.382 e. The molecule has 1 aliphatic carbocycles. The Balaban J connectivity index is 1.65. The number of carbonyl (C=O) groups excluding carboxylic acids is 1. The smallest absolute Gasteiger partial charge is 0.267 e. The predicted molar refractivity (Wildman–Crippen MR) is 86.7 cm³/mol. The largest absolute Gasteiger partial charge is 0.382 e. The fraction of sp³-hybridized carbons (Fsp3) is 0.733. The van der Waals surface area contributed by atoms with E-state index in [2.05, 4.69) is 10.3 Å². The van der Waals surface area contributed by atoms with Gasteiger partial charge in [0.05, 0.1) is 0 Å². The lowest BCUT2D eigenvalue weighted by molar-refractivity contribution is 0.0476. The molecular formula is C15H24N4OS. The summed E-state index contributed by atoms with van der Waals surface area (Å²) in [7, 11) is 1.79. The number of nitrogens with two attached hydrogens (primary N) is 1. The normalized spacial score (nSPS) is 21.5. The van der Waals surface area contributed by atoms with Gasteiger partial charge in [-0.1, -0.05) is 30.6 Å². The molecule has 1 aliphatic heterocycles. The van der Waals surface area contributed by atoms with Crippen LogP contribution in [0.15, 0.2) is 0 Å². The van der Waals surface area contributed by atoms with Crippen LogP contribution in [-0.2, 0) is 0 Å². The van der Waals surface area contributed by atoms with Crippen LogP contribution in [0.1, 0.15) is 54.6 Å². The summed E-state index contributed by atoms with van der Waals surface area (Å²) >= 11 is 1.35. The summed E-state index contributed by atoms with van der Waals surface area (Å²) < 4.78 is 0. The number of rotatable bonds is 2. The summed E-state index contributed by atoms with van der Waals surface area (Å²) in [5.74, 6) is 0.407. The third-order valence-corrected chi connectivity index (χ3v) is 6.16. The zero-order valence-electron chi connectivity index (χ0n) is 12.7. The van der Waals surface area contributed by atoms with Crippen molar-refractivity contribution in [2.45, 2.75) is 44.9 Å². The van der Waals surface area contributed by atoms with Crippen molar-refractivity contribution in [2.75, 3.05) is 31.2 Å². The van der Waals surface area contributed by atoms with Gasteiger partial charge in [0.25, 0.3) is 5.91 Å². The van der Waals surface area contributed by atoms with E-state index in [1.807, 2.05) is 4.90 Å². The SMILES string of the molecule is CNc1nc(N)c(C(=O)N2CCC3(CCCCC3)CC2)s1. The fourth-order valence-corrected chi connectivity index (χ4v) is 4.53. The number of aromatic nitrogens is 1. The lowest BCUT2D eigenvalue weighted by Gasteiger charge is -2.44. The number of likely N-dealkylation sites (tertiary alicyclic amines) is 1. The maximum Gasteiger partial charge on any atom is 0.267 e. The Morgan fingerprint density at radius 3 is 2.48 bits per heavy atom. The second-order valence-corrected chi connectivity index (χ2v) is 7.34. The van der Waals surface area contributed by atoms with Crippen molar-refractivity contribution in [2.24, 2.45) is 5.41 Å². The molecule has 5 nitrogen and oxygen atoms in total. The first-order valence-corrected chi connectivity index (χ1v) is 8.69. The Bertz CT molecular complexity index is 512. The van der Waals surface area contributed by atoms with Gasteiger partial charge in [0.2, 0.25) is 0 Å². The van der Waals surface area contributed by atoms with Gasteiger partial charge in [0.1, 0.15) is 10.7 Å². The van der Waals surface area contributed by atoms with Crippen LogP contribution in [0.2, 0.25) is 0 Å². The Morgan fingerprint density at radius 1 is 1.24 bits per heavy atom. The molecule has 21 heavy (non-hydrogen) atoms. The molecule has 0 atom stereocenters. The molecule has 1 saturated heterocycles. The number of thiazole rings is 1. The first-order valence-electron chi connectivity index (χ1n) is 7.87. The van der Waals surface area contributed by atoms with Crippen molar-refractivity contribution in [3.8, 4) is 0 Å². The van der Waals surface area contributed by atoms with Crippen LogP contribution in [0.5, 0.6) is 0 Å². The lowest BCUT2D eigenvalue weighted by Crippen LogP contribution is -2.43. The monoisotopic (exact) mass is 308 g/mol. The zero-order valence-corrected chi connectivity index (χ0v) is 13.5. The van der Waals surface area contributed by atoms with E-state index in [-0.39, 0.29) is 5.91 Å². The molecule has 3 rings (SSSR count). The number of amides is 1. The summed E-state index contributed by atoms with van der Waals surface area (Å²) in [6, 6.07) is 0. The Kier molecular flexibility index (Phi) is 4.06. The third-order valence-electron chi connectivity index (χ3n) is 5.09. The van der Waals surface area contributed by atoms with Crippen molar-refractivity contribution in [1.29, 1.82) is 0 Å². The lowest BCUT2D eigenvalue weighted by atomic mass is 9.68. The Labute approximate surface area is 129 Å². The average molecular weight is 308 g/mol. The van der Waals surface area contributed by atoms with E-state index >= 15 is 0 Å². The minimum absolute atomic E-state index is 0.0529. The molecule has 3 N–H and O–H groups in total. The number of nitrogens with zero attached hydrogens (tertiary/aromatic N) is 2. The number of piperidine rings is 1. The van der Waals surface area contributed by atoms with E-state index in [1.54, 1.807) is 7.05 Å². The topological polar surface area (TPSA) is 71.2 Å². The highest BCUT2D eigenvalue weighted by molar-refractivity contribution is 7.18. The quantitative estimate of drug-likeness (QED) is 0.881. The molecule has 1 amide bonds. The van der Waals surface area contributed by atoms with Crippen LogP contribution in [0.4, 0.5) is 10.9 Å². The molecule has 1 spiro atoms. The van der Waals surface area contributed by atoms with Crippen LogP contribution in [0.3, 0.4) is 0 Å². The van der Waals surface area contributed by atoms with E-state index < -0.39 is 0 Å². The molecule has 0 aromatic carbocycles. The van der Waals surface area contributed by atoms with Gasteiger partial charge in [-0.15, -0.1) is 0 Å². The molecule has 2 heterocycles. The molecule has 1 aromatic rings. The van der Waals surface area contributed by atoms with Crippen LogP contribution in [0, 0.1) is 5.41 Å². The van der Waals surface area contributed by atoms with Crippen molar-refractivity contribution in [3.63, 3.8) is 0 Å². The minimum atomic E-state index is 0.0529. The van der Waals surface area contributed by atoms with Crippen LogP contribution < -0.4 is 11.1 Å². The van der Waals surface area contributed by atoms with Crippen molar-refractivity contribution >= 4 is 28.2 Å². The van der Waals surface area contributed by atoms with Gasteiger partial charge in [0.15, 0.2) is 5.13 Å². The van der Waals surface area contributed by atoms with Gasteiger partial charge in [-0.05, 0) is 31.1 Å². The highest BCUT2D eigenvalue weighted by atomic mass is 32.1. The predicted octanol–water partition coefficient (Wildman–Crippen LogP) is 2.95. The van der Waals surface area contributed by atoms with E-state index in [1.165, 1.54) is 43.4 Å². The summed E-state index contributed by atoms with van der Waals surface area (Å²) in [5, 5.41) is 3.65. The Hall–Kier alpha value is -1.30. The van der Waals surface area contributed by atoms with Gasteiger partial charge in [0, 0.05) is 20.1 Å². The van der Waals surface area contributed by atoms with E-state index in [4.69, 9.17) is 5.73 Å². The summed E-state index contributed by atoms with van der Waals surface area (Å²) in [5.41, 5.74) is 6.39. The molecule has 0 unspecified atom stereocenters. The van der Waals surface area contributed by atoms with E-state index in [0.29, 0.717) is 21.2 Å². The van der Waals surface area contributed by atoms with Crippen LogP contribution >= 0.6 is 11.3 Å². The summed E-state index contributed by atoms with van der Waals surface area (Å²) in [6.45, 7) is 1.73. The number of carbonyl (C=O) groups is 1. The van der Waals surface area contributed by atoms with Gasteiger partial charge < -0.3 is 16.0 Å². The standard InChI is InChI=1S/C15H24N4OS/c1-17-14-18-12(16)11(21-14)13(20)19-9-7-15(8-10-19)5-3-2-4-6-15/h2-10,16H2,1H3,(H,17,18). The number of anilines is 2. The van der Waals surface area contributed by atoms with E-state index in [9.17, 15) is 4.79 Å². The average Bonchev–Trinajstić information content (AvgIpc) is 2.89. The fourth-order valence-electron chi connectivity index (χ4n) is 3.72. The number of hydrogen-bond acceptors (Lipinski definition) is 5. The molecular weight excluding hydrogens is 284 g/mol. The zero-order chi connectivity index (χ0) is 14.9. The molecule has 2 aliphatic rings. The highest BCUT2D eigenvalue weighted by Crippen LogP contribution is 2.44. The molecule has 2 fully saturated rings. The number of hydrogen-bond donors (Lipinski definition) is 2. The number of nitrogens with one attached hydrogen (secondary N) is 1. The van der Waals surface area contributed by atoms with Gasteiger partial charge in [-0.25, -0.2) is 4.98 Å². The first kappa shape index (κ1) is 14.6. The van der Waals surface area contributed by atoms with Crippen LogP contribution in [-0.4, -0.2) is 35.9 Å². The van der Waals surface area contributed by atoms with Crippen molar-refractivity contribution in [1.82, 2.24) is 9.88 Å². The molecule has 116 valence electrons. The maximum absolute atomic E-state index is 12.6. The van der Waals surface area contributed by atoms with Gasteiger partial charge in [-0.2, -0.15) is 0 Å². The molecule has 1 saturated carbocycles. The number of nitrogen functional groups attached to an aromatic ring is 1. The second-order valence-electron chi connectivity index (χ2n) is 6.34. The highest BCUT2D eigenvalue weighted by Gasteiger charge is 2.37. The van der Waals surface area contributed by atoms with Crippen molar-refractivity contribution < 1.29 is 4.79 Å². The molecule has 0 bridgehead atoms. The molecule has 0 radical (unpaired) electrons.